The summed E-state index contributed by atoms with van der Waals surface area (Å²) in [6.07, 6.45) is -1.92. The third-order valence-electron chi connectivity index (χ3n) is 4.89. The van der Waals surface area contributed by atoms with Gasteiger partial charge in [-0.2, -0.15) is 0 Å². The molecule has 0 radical (unpaired) electrons. The Morgan fingerprint density at radius 2 is 1.67 bits per heavy atom. The summed E-state index contributed by atoms with van der Waals surface area (Å²) in [6, 6.07) is 9.37. The third-order valence-corrected chi connectivity index (χ3v) is 6.19. The Bertz CT molecular complexity index is 1040. The number of benzene rings is 2. The molecule has 2 N–H and O–H groups in total. The van der Waals surface area contributed by atoms with Crippen LogP contribution in [0.1, 0.15) is 22.8 Å². The van der Waals surface area contributed by atoms with Crippen LogP contribution in [0.15, 0.2) is 35.1 Å². The molecule has 0 saturated heterocycles. The highest BCUT2D eigenvalue weighted by molar-refractivity contribution is 7.24. The predicted molar refractivity (Wildman–Crippen MR) is 109 cm³/mol. The van der Waals surface area contributed by atoms with Crippen molar-refractivity contribution in [3.05, 3.63) is 57.2 Å². The van der Waals surface area contributed by atoms with E-state index < -0.39 is 12.2 Å². The number of aliphatic hydroxyl groups excluding tert-OH is 2. The van der Waals surface area contributed by atoms with Crippen molar-refractivity contribution in [2.24, 2.45) is 0 Å². The van der Waals surface area contributed by atoms with Crippen LogP contribution in [0.5, 0.6) is 0 Å². The van der Waals surface area contributed by atoms with Crippen LogP contribution in [0, 0.1) is 13.8 Å². The molecule has 2 aromatic carbocycles. The number of nitrogens with zero attached hydrogens (tertiary/aromatic N) is 1. The zero-order chi connectivity index (χ0) is 19.2. The minimum Gasteiger partial charge on any atom is -1.00 e. The Kier molecular flexibility index (Phi) is 6.34. The largest absolute Gasteiger partial charge is 1.00 e. The molecule has 146 valence electrons. The van der Waals surface area contributed by atoms with Crippen molar-refractivity contribution in [2.45, 2.75) is 26.1 Å². The molecular formula is C21H26ClNO3S. The molecule has 0 spiro atoms. The molecule has 0 fully saturated rings. The van der Waals surface area contributed by atoms with E-state index in [2.05, 4.69) is 0 Å². The second kappa shape index (κ2) is 7.86. The van der Waals surface area contributed by atoms with Gasteiger partial charge in [-0.05, 0) is 48.7 Å². The van der Waals surface area contributed by atoms with Gasteiger partial charge in [-0.25, -0.2) is 0 Å². The summed E-state index contributed by atoms with van der Waals surface area (Å²) in [7, 11) is 5.91. The standard InChI is InChI=1S/C21H26NO3S.ClH/c1-12-13(2)21-16(19(24)14-8-6-7-9-18(14)26-21)10-15(12)20(25)17(23)11-22(3,4)5;/h6-10,17,20,23,25H,11H2,1-5H3;1H/q+1;/p-1. The van der Waals surface area contributed by atoms with Gasteiger partial charge >= 0.3 is 0 Å². The van der Waals surface area contributed by atoms with Crippen molar-refractivity contribution in [1.82, 2.24) is 0 Å². The number of hydrogen-bond donors (Lipinski definition) is 2. The number of aliphatic hydroxyl groups is 2. The van der Waals surface area contributed by atoms with Crippen molar-refractivity contribution >= 4 is 31.5 Å². The molecule has 0 bridgehead atoms. The summed E-state index contributed by atoms with van der Waals surface area (Å²) >= 11 is 1.60. The van der Waals surface area contributed by atoms with E-state index in [9.17, 15) is 15.0 Å². The summed E-state index contributed by atoms with van der Waals surface area (Å²) < 4.78 is 2.46. The number of rotatable bonds is 4. The van der Waals surface area contributed by atoms with E-state index in [1.807, 2.05) is 59.3 Å². The summed E-state index contributed by atoms with van der Waals surface area (Å²) in [6.45, 7) is 4.34. The Balaban J connectivity index is 0.00000261. The first-order valence-corrected chi connectivity index (χ1v) is 9.54. The maximum Gasteiger partial charge on any atom is 0.195 e. The number of aryl methyl sites for hydroxylation is 1. The van der Waals surface area contributed by atoms with Crippen LogP contribution in [0.2, 0.25) is 0 Å². The Morgan fingerprint density at radius 1 is 1.04 bits per heavy atom. The van der Waals surface area contributed by atoms with Crippen molar-refractivity contribution in [3.63, 3.8) is 0 Å². The fraction of sp³-hybridized carbons (Fsp3) is 0.381. The molecule has 27 heavy (non-hydrogen) atoms. The van der Waals surface area contributed by atoms with Crippen LogP contribution < -0.4 is 17.8 Å². The molecule has 0 saturated carbocycles. The highest BCUT2D eigenvalue weighted by Gasteiger charge is 2.27. The van der Waals surface area contributed by atoms with Gasteiger partial charge < -0.3 is 27.1 Å². The highest BCUT2D eigenvalue weighted by Crippen LogP contribution is 2.33. The summed E-state index contributed by atoms with van der Waals surface area (Å²) in [5.74, 6) is 0. The predicted octanol–water partition coefficient (Wildman–Crippen LogP) is 0.136. The van der Waals surface area contributed by atoms with Gasteiger partial charge in [0.15, 0.2) is 5.43 Å². The van der Waals surface area contributed by atoms with Crippen LogP contribution in [-0.2, 0) is 0 Å². The second-order valence-corrected chi connectivity index (χ2v) is 9.06. The molecule has 4 nitrogen and oxygen atoms in total. The zero-order valence-electron chi connectivity index (χ0n) is 16.3. The van der Waals surface area contributed by atoms with Crippen molar-refractivity contribution in [2.75, 3.05) is 27.7 Å². The quantitative estimate of drug-likeness (QED) is 0.477. The molecule has 3 rings (SSSR count). The van der Waals surface area contributed by atoms with Crippen molar-refractivity contribution in [3.8, 4) is 0 Å². The van der Waals surface area contributed by atoms with E-state index in [-0.39, 0.29) is 17.8 Å². The lowest BCUT2D eigenvalue weighted by Gasteiger charge is -2.29. The van der Waals surface area contributed by atoms with Crippen LogP contribution in [0.25, 0.3) is 20.2 Å². The molecule has 2 atom stereocenters. The Labute approximate surface area is 169 Å². The van der Waals surface area contributed by atoms with Gasteiger partial charge in [-0.15, -0.1) is 11.3 Å². The van der Waals surface area contributed by atoms with E-state index in [0.29, 0.717) is 27.4 Å². The number of likely N-dealkylation sites (N-methyl/N-ethyl adjacent to an activating group) is 1. The third kappa shape index (κ3) is 4.18. The average Bonchev–Trinajstić information content (AvgIpc) is 2.57. The maximum absolute atomic E-state index is 13.0. The lowest BCUT2D eigenvalue weighted by molar-refractivity contribution is -0.874. The van der Waals surface area contributed by atoms with E-state index in [4.69, 9.17) is 0 Å². The molecule has 3 aromatic rings. The van der Waals surface area contributed by atoms with Gasteiger partial charge in [0.25, 0.3) is 0 Å². The first-order valence-electron chi connectivity index (χ1n) is 8.72. The van der Waals surface area contributed by atoms with Gasteiger partial charge in [-0.1, -0.05) is 12.1 Å². The minimum absolute atomic E-state index is 0. The average molecular weight is 408 g/mol. The summed E-state index contributed by atoms with van der Waals surface area (Å²) in [4.78, 5) is 13.0. The lowest BCUT2D eigenvalue weighted by atomic mass is 9.93. The number of quaternary nitrogens is 1. The van der Waals surface area contributed by atoms with Crippen LogP contribution in [0.3, 0.4) is 0 Å². The SMILES string of the molecule is Cc1c(C(O)C(O)C[N+](C)(C)C)cc2c(=O)c3ccccc3sc2c1C.[Cl-]. The van der Waals surface area contributed by atoms with E-state index in [1.54, 1.807) is 17.4 Å². The molecule has 2 unspecified atom stereocenters. The van der Waals surface area contributed by atoms with Crippen molar-refractivity contribution < 1.29 is 27.1 Å². The minimum atomic E-state index is -1.02. The monoisotopic (exact) mass is 407 g/mol. The van der Waals surface area contributed by atoms with Crippen LogP contribution in [-0.4, -0.2) is 48.5 Å². The van der Waals surface area contributed by atoms with E-state index in [1.165, 1.54) is 0 Å². The maximum atomic E-state index is 13.0. The molecular weight excluding hydrogens is 382 g/mol. The molecule has 0 aliphatic rings. The normalized spacial score (nSPS) is 14.2. The number of fused-ring (bicyclic) bond motifs is 2. The van der Waals surface area contributed by atoms with Crippen LogP contribution >= 0.6 is 11.3 Å². The van der Waals surface area contributed by atoms with Gasteiger partial charge in [0.05, 0.1) is 21.1 Å². The molecule has 1 heterocycles. The number of halogens is 1. The van der Waals surface area contributed by atoms with Gasteiger partial charge in [0.1, 0.15) is 18.8 Å². The molecule has 0 amide bonds. The highest BCUT2D eigenvalue weighted by atomic mass is 35.5. The van der Waals surface area contributed by atoms with Gasteiger partial charge in [-0.3, -0.25) is 4.79 Å². The van der Waals surface area contributed by atoms with Crippen molar-refractivity contribution in [1.29, 1.82) is 0 Å². The Hall–Kier alpha value is -1.50. The zero-order valence-corrected chi connectivity index (χ0v) is 17.9. The molecule has 6 heteroatoms. The number of hydrogen-bond acceptors (Lipinski definition) is 4. The molecule has 0 aliphatic heterocycles. The first-order chi connectivity index (χ1) is 12.1. The topological polar surface area (TPSA) is 57.5 Å². The fourth-order valence-corrected chi connectivity index (χ4v) is 4.60. The van der Waals surface area contributed by atoms with E-state index in [0.717, 1.165) is 20.5 Å². The lowest BCUT2D eigenvalue weighted by Crippen LogP contribution is -3.00. The summed E-state index contributed by atoms with van der Waals surface area (Å²) in [5.41, 5.74) is 2.53. The van der Waals surface area contributed by atoms with Crippen LogP contribution in [0.4, 0.5) is 0 Å². The Morgan fingerprint density at radius 3 is 2.30 bits per heavy atom. The second-order valence-electron chi connectivity index (χ2n) is 8.00. The smallest absolute Gasteiger partial charge is 0.195 e. The molecule has 1 aromatic heterocycles. The van der Waals surface area contributed by atoms with Gasteiger partial charge in [0.2, 0.25) is 0 Å². The molecule has 0 aliphatic carbocycles. The van der Waals surface area contributed by atoms with E-state index >= 15 is 0 Å². The fourth-order valence-electron chi connectivity index (χ4n) is 3.39. The first kappa shape index (κ1) is 21.8. The van der Waals surface area contributed by atoms with Gasteiger partial charge in [0, 0.05) is 20.2 Å². The summed E-state index contributed by atoms with van der Waals surface area (Å²) in [5, 5.41) is 22.6.